The van der Waals surface area contributed by atoms with Crippen LogP contribution in [0.3, 0.4) is 0 Å². The van der Waals surface area contributed by atoms with E-state index in [4.69, 9.17) is 10.8 Å². The van der Waals surface area contributed by atoms with Crippen LogP contribution in [0.2, 0.25) is 0 Å². The molecular weight excluding hydrogens is 251 g/mol. The van der Waals surface area contributed by atoms with E-state index in [1.807, 2.05) is 0 Å². The normalized spacial score (nSPS) is 11.9. The Morgan fingerprint density at radius 2 is 2.16 bits per heavy atom. The van der Waals surface area contributed by atoms with Gasteiger partial charge in [-0.1, -0.05) is 13.0 Å². The van der Waals surface area contributed by atoms with Gasteiger partial charge in [-0.25, -0.2) is 9.18 Å². The van der Waals surface area contributed by atoms with Crippen LogP contribution in [0.5, 0.6) is 0 Å². The van der Waals surface area contributed by atoms with E-state index in [0.717, 1.165) is 6.07 Å². The minimum absolute atomic E-state index is 0.264. The van der Waals surface area contributed by atoms with Crippen molar-refractivity contribution in [2.24, 2.45) is 11.7 Å². The van der Waals surface area contributed by atoms with E-state index in [-0.39, 0.29) is 17.2 Å². The number of aromatic carboxylic acids is 1. The Kier molecular flexibility index (Phi) is 5.44. The number of carbonyl (C=O) groups excluding carboxylic acids is 1. The number of rotatable bonds is 6. The maximum absolute atomic E-state index is 13.6. The summed E-state index contributed by atoms with van der Waals surface area (Å²) < 4.78 is 13.6. The molecule has 0 radical (unpaired) electrons. The number of nitrogens with one attached hydrogen (secondary N) is 1. The maximum Gasteiger partial charge on any atom is 0.337 e. The van der Waals surface area contributed by atoms with E-state index in [1.165, 1.54) is 12.1 Å². The third-order valence-corrected chi connectivity index (χ3v) is 2.78. The maximum atomic E-state index is 13.6. The Morgan fingerprint density at radius 1 is 1.47 bits per heavy atom. The topological polar surface area (TPSA) is 92.4 Å². The first-order valence-electron chi connectivity index (χ1n) is 6.00. The molecule has 0 aliphatic carbocycles. The van der Waals surface area contributed by atoms with Crippen molar-refractivity contribution < 1.29 is 19.1 Å². The average molecular weight is 268 g/mol. The van der Waals surface area contributed by atoms with E-state index in [0.29, 0.717) is 19.4 Å². The third-order valence-electron chi connectivity index (χ3n) is 2.78. The number of carboxylic acids is 1. The van der Waals surface area contributed by atoms with Gasteiger partial charge in [-0.2, -0.15) is 0 Å². The zero-order valence-electron chi connectivity index (χ0n) is 10.6. The van der Waals surface area contributed by atoms with Gasteiger partial charge in [0.25, 0.3) is 0 Å². The molecule has 6 heteroatoms. The van der Waals surface area contributed by atoms with Crippen molar-refractivity contribution in [1.82, 2.24) is 0 Å². The second kappa shape index (κ2) is 6.84. The smallest absolute Gasteiger partial charge is 0.337 e. The fourth-order valence-corrected chi connectivity index (χ4v) is 1.63. The zero-order chi connectivity index (χ0) is 14.4. The number of anilines is 1. The summed E-state index contributed by atoms with van der Waals surface area (Å²) in [5.74, 6) is -2.82. The van der Waals surface area contributed by atoms with Gasteiger partial charge >= 0.3 is 5.97 Å². The number of hydrogen-bond donors (Lipinski definition) is 3. The Balaban J connectivity index is 2.87. The molecule has 5 nitrogen and oxygen atoms in total. The number of halogens is 1. The number of hydrogen-bond acceptors (Lipinski definition) is 3. The first-order valence-corrected chi connectivity index (χ1v) is 6.00. The highest BCUT2D eigenvalue weighted by atomic mass is 19.1. The van der Waals surface area contributed by atoms with Crippen molar-refractivity contribution in [1.29, 1.82) is 0 Å². The average Bonchev–Trinajstić information content (AvgIpc) is 2.37. The third kappa shape index (κ3) is 4.03. The lowest BCUT2D eigenvalue weighted by Crippen LogP contribution is -2.23. The Bertz CT molecular complexity index is 477. The number of benzene rings is 1. The van der Waals surface area contributed by atoms with Crippen molar-refractivity contribution in [2.45, 2.75) is 19.8 Å². The minimum atomic E-state index is -1.29. The van der Waals surface area contributed by atoms with Crippen LogP contribution in [-0.2, 0) is 4.79 Å². The van der Waals surface area contributed by atoms with Crippen LogP contribution < -0.4 is 11.1 Å². The van der Waals surface area contributed by atoms with E-state index >= 15 is 0 Å². The van der Waals surface area contributed by atoms with Gasteiger partial charge in [-0.05, 0) is 31.5 Å². The Morgan fingerprint density at radius 3 is 2.74 bits per heavy atom. The van der Waals surface area contributed by atoms with E-state index in [9.17, 15) is 14.0 Å². The molecular formula is C13H17FN2O3. The second-order valence-electron chi connectivity index (χ2n) is 4.29. The first-order chi connectivity index (χ1) is 8.97. The zero-order valence-corrected chi connectivity index (χ0v) is 10.6. The molecule has 1 rings (SSSR count). The lowest BCUT2D eigenvalue weighted by molar-refractivity contribution is -0.119. The predicted molar refractivity (Wildman–Crippen MR) is 69.4 cm³/mol. The second-order valence-corrected chi connectivity index (χ2v) is 4.29. The predicted octanol–water partition coefficient (Wildman–Crippen LogP) is 1.84. The van der Waals surface area contributed by atoms with Crippen molar-refractivity contribution in [3.63, 3.8) is 0 Å². The molecule has 0 aromatic heterocycles. The SMILES string of the molecule is CC(CCCN)C(=O)Nc1c(F)cccc1C(=O)O. The van der Waals surface area contributed by atoms with Gasteiger partial charge in [0.1, 0.15) is 5.82 Å². The van der Waals surface area contributed by atoms with Crippen LogP contribution in [0.25, 0.3) is 0 Å². The molecule has 104 valence electrons. The molecule has 0 spiro atoms. The molecule has 19 heavy (non-hydrogen) atoms. The van der Waals surface area contributed by atoms with Crippen molar-refractivity contribution >= 4 is 17.6 Å². The molecule has 1 unspecified atom stereocenters. The lowest BCUT2D eigenvalue weighted by Gasteiger charge is -2.13. The van der Waals surface area contributed by atoms with Crippen LogP contribution in [-0.4, -0.2) is 23.5 Å². The number of nitrogens with two attached hydrogens (primary N) is 1. The fourth-order valence-electron chi connectivity index (χ4n) is 1.63. The highest BCUT2D eigenvalue weighted by Gasteiger charge is 2.19. The summed E-state index contributed by atoms with van der Waals surface area (Å²) in [6.07, 6.45) is 1.25. The fraction of sp³-hybridized carbons (Fsp3) is 0.385. The van der Waals surface area contributed by atoms with E-state index < -0.39 is 17.7 Å². The van der Waals surface area contributed by atoms with Crippen molar-refractivity contribution in [2.75, 3.05) is 11.9 Å². The van der Waals surface area contributed by atoms with Crippen molar-refractivity contribution in [3.8, 4) is 0 Å². The molecule has 4 N–H and O–H groups in total. The standard InChI is InChI=1S/C13H17FN2O3/c1-8(4-3-7-15)12(17)16-11-9(13(18)19)5-2-6-10(11)14/h2,5-6,8H,3-4,7,15H2,1H3,(H,16,17)(H,18,19). The molecule has 1 amide bonds. The number of carbonyl (C=O) groups is 2. The number of para-hydroxylation sites is 1. The van der Waals surface area contributed by atoms with Crippen molar-refractivity contribution in [3.05, 3.63) is 29.6 Å². The van der Waals surface area contributed by atoms with E-state index in [1.54, 1.807) is 6.92 Å². The summed E-state index contributed by atoms with van der Waals surface area (Å²) in [6.45, 7) is 2.16. The van der Waals surface area contributed by atoms with Crippen LogP contribution in [0.4, 0.5) is 10.1 Å². The number of amides is 1. The van der Waals surface area contributed by atoms with Crippen LogP contribution in [0.15, 0.2) is 18.2 Å². The monoisotopic (exact) mass is 268 g/mol. The van der Waals surface area contributed by atoms with Gasteiger partial charge in [0.15, 0.2) is 0 Å². The van der Waals surface area contributed by atoms with Gasteiger partial charge < -0.3 is 16.2 Å². The van der Waals surface area contributed by atoms with Gasteiger partial charge in [-0.3, -0.25) is 4.79 Å². The summed E-state index contributed by atoms with van der Waals surface area (Å²) >= 11 is 0. The van der Waals surface area contributed by atoms with Gasteiger partial charge in [0, 0.05) is 5.92 Å². The lowest BCUT2D eigenvalue weighted by atomic mass is 10.0. The summed E-state index contributed by atoms with van der Waals surface area (Å²) in [7, 11) is 0. The Labute approximate surface area is 110 Å². The highest BCUT2D eigenvalue weighted by Crippen LogP contribution is 2.21. The summed E-state index contributed by atoms with van der Waals surface area (Å²) in [6, 6.07) is 3.63. The molecule has 0 fully saturated rings. The van der Waals surface area contributed by atoms with Crippen LogP contribution in [0, 0.1) is 11.7 Å². The molecule has 0 aliphatic rings. The molecule has 0 saturated carbocycles. The quantitative estimate of drug-likeness (QED) is 0.734. The largest absolute Gasteiger partial charge is 0.478 e. The molecule has 0 aliphatic heterocycles. The summed E-state index contributed by atoms with van der Waals surface area (Å²) in [4.78, 5) is 22.8. The minimum Gasteiger partial charge on any atom is -0.478 e. The van der Waals surface area contributed by atoms with Gasteiger partial charge in [0.2, 0.25) is 5.91 Å². The molecule has 1 aromatic rings. The van der Waals surface area contributed by atoms with E-state index in [2.05, 4.69) is 5.32 Å². The van der Waals surface area contributed by atoms with Gasteiger partial charge in [0.05, 0.1) is 11.3 Å². The summed E-state index contributed by atoms with van der Waals surface area (Å²) in [5, 5.41) is 11.3. The highest BCUT2D eigenvalue weighted by molar-refractivity contribution is 6.01. The Hall–Kier alpha value is -1.95. The first kappa shape index (κ1) is 15.1. The molecule has 0 bridgehead atoms. The molecule has 1 atom stereocenters. The van der Waals surface area contributed by atoms with Crippen LogP contribution >= 0.6 is 0 Å². The summed E-state index contributed by atoms with van der Waals surface area (Å²) in [5.41, 5.74) is 4.79. The molecule has 0 saturated heterocycles. The molecule has 0 heterocycles. The van der Waals surface area contributed by atoms with Gasteiger partial charge in [-0.15, -0.1) is 0 Å². The number of carboxylic acid groups (broad SMARTS) is 1. The molecule has 1 aromatic carbocycles. The van der Waals surface area contributed by atoms with Crippen LogP contribution in [0.1, 0.15) is 30.1 Å².